The third kappa shape index (κ3) is 3.68. The summed E-state index contributed by atoms with van der Waals surface area (Å²) >= 11 is 0. The summed E-state index contributed by atoms with van der Waals surface area (Å²) in [5, 5.41) is 10.4. The van der Waals surface area contributed by atoms with Gasteiger partial charge >= 0.3 is 0 Å². The molecule has 5 nitrogen and oxygen atoms in total. The predicted molar refractivity (Wildman–Crippen MR) is 107 cm³/mol. The average molecular weight is 378 g/mol. The van der Waals surface area contributed by atoms with Gasteiger partial charge in [-0.3, -0.25) is 9.48 Å². The number of rotatable bonds is 4. The van der Waals surface area contributed by atoms with Crippen molar-refractivity contribution in [2.45, 2.75) is 33.4 Å². The second-order valence-electron chi connectivity index (χ2n) is 7.23. The van der Waals surface area contributed by atoms with E-state index >= 15 is 0 Å². The Balaban J connectivity index is 1.53. The molecule has 4 rings (SSSR count). The Labute approximate surface area is 163 Å². The number of carbonyl (C=O) groups is 1. The molecule has 144 valence electrons. The second-order valence-corrected chi connectivity index (χ2v) is 7.23. The fourth-order valence-corrected chi connectivity index (χ4v) is 3.64. The van der Waals surface area contributed by atoms with Gasteiger partial charge in [0, 0.05) is 17.8 Å². The highest BCUT2D eigenvalue weighted by molar-refractivity contribution is 6.04. The van der Waals surface area contributed by atoms with Crippen molar-refractivity contribution in [3.05, 3.63) is 81.9 Å². The van der Waals surface area contributed by atoms with Gasteiger partial charge in [0.25, 0.3) is 5.91 Å². The first-order valence-corrected chi connectivity index (χ1v) is 9.43. The van der Waals surface area contributed by atoms with Crippen molar-refractivity contribution in [3.63, 3.8) is 0 Å². The lowest BCUT2D eigenvalue weighted by Gasteiger charge is -2.19. The number of halogens is 1. The normalized spacial score (nSPS) is 13.2. The second kappa shape index (κ2) is 7.56. The Kier molecular flexibility index (Phi) is 4.96. The minimum Gasteiger partial charge on any atom is -0.319 e. The molecule has 1 aliphatic rings. The molecule has 2 aromatic carbocycles. The third-order valence-electron chi connectivity index (χ3n) is 5.08. The number of nitrogens with zero attached hydrogens (tertiary/aromatic N) is 2. The van der Waals surface area contributed by atoms with E-state index < -0.39 is 0 Å². The first kappa shape index (κ1) is 18.4. The predicted octanol–water partition coefficient (Wildman–Crippen LogP) is 3.59. The Bertz CT molecular complexity index is 1040. The van der Waals surface area contributed by atoms with E-state index in [1.165, 1.54) is 0 Å². The Morgan fingerprint density at radius 1 is 1.25 bits per heavy atom. The Morgan fingerprint density at radius 3 is 2.89 bits per heavy atom. The number of benzene rings is 2. The summed E-state index contributed by atoms with van der Waals surface area (Å²) in [5.41, 5.74) is 5.37. The average Bonchev–Trinajstić information content (AvgIpc) is 3.01. The van der Waals surface area contributed by atoms with Crippen molar-refractivity contribution in [1.29, 1.82) is 0 Å². The number of hydrogen-bond acceptors (Lipinski definition) is 3. The number of carbonyl (C=O) groups excluding carboxylic acids is 1. The van der Waals surface area contributed by atoms with Gasteiger partial charge in [-0.05, 0) is 67.8 Å². The lowest BCUT2D eigenvalue weighted by molar-refractivity contribution is 0.102. The summed E-state index contributed by atoms with van der Waals surface area (Å²) in [7, 11) is 0. The van der Waals surface area contributed by atoms with Crippen LogP contribution in [-0.4, -0.2) is 22.2 Å². The van der Waals surface area contributed by atoms with Gasteiger partial charge in [-0.1, -0.05) is 18.2 Å². The Morgan fingerprint density at radius 2 is 2.11 bits per heavy atom. The molecule has 0 unspecified atom stereocenters. The van der Waals surface area contributed by atoms with Crippen molar-refractivity contribution < 1.29 is 9.18 Å². The van der Waals surface area contributed by atoms with E-state index in [4.69, 9.17) is 0 Å². The first-order chi connectivity index (χ1) is 13.5. The van der Waals surface area contributed by atoms with E-state index in [0.29, 0.717) is 30.6 Å². The summed E-state index contributed by atoms with van der Waals surface area (Å²) in [6.45, 7) is 5.95. The van der Waals surface area contributed by atoms with E-state index in [2.05, 4.69) is 15.7 Å². The van der Waals surface area contributed by atoms with Crippen LogP contribution >= 0.6 is 0 Å². The van der Waals surface area contributed by atoms with Gasteiger partial charge in [0.15, 0.2) is 0 Å². The molecule has 0 radical (unpaired) electrons. The molecular weight excluding hydrogens is 355 g/mol. The molecule has 1 aliphatic heterocycles. The Hall–Kier alpha value is -2.99. The molecule has 2 heterocycles. The van der Waals surface area contributed by atoms with Gasteiger partial charge in [-0.15, -0.1) is 0 Å². The molecule has 0 bridgehead atoms. The highest BCUT2D eigenvalue weighted by Gasteiger charge is 2.18. The molecule has 0 atom stereocenters. The molecule has 3 aromatic rings. The summed E-state index contributed by atoms with van der Waals surface area (Å²) in [4.78, 5) is 12.7. The van der Waals surface area contributed by atoms with Gasteiger partial charge in [0.05, 0.1) is 17.9 Å². The monoisotopic (exact) mass is 378 g/mol. The maximum atomic E-state index is 14.8. The number of hydrogen-bond donors (Lipinski definition) is 2. The summed E-state index contributed by atoms with van der Waals surface area (Å²) < 4.78 is 16.7. The van der Waals surface area contributed by atoms with E-state index in [0.717, 1.165) is 29.1 Å². The maximum absolute atomic E-state index is 14.8. The molecule has 28 heavy (non-hydrogen) atoms. The van der Waals surface area contributed by atoms with Crippen molar-refractivity contribution in [2.75, 3.05) is 11.9 Å². The van der Waals surface area contributed by atoms with Crippen molar-refractivity contribution in [2.24, 2.45) is 0 Å². The number of aryl methyl sites for hydroxylation is 2. The number of anilines is 1. The van der Waals surface area contributed by atoms with Crippen molar-refractivity contribution >= 4 is 11.6 Å². The van der Waals surface area contributed by atoms with Gasteiger partial charge in [-0.2, -0.15) is 5.10 Å². The molecule has 2 N–H and O–H groups in total. The topological polar surface area (TPSA) is 59.0 Å². The van der Waals surface area contributed by atoms with Gasteiger partial charge < -0.3 is 10.6 Å². The number of aromatic nitrogens is 2. The molecule has 1 aromatic heterocycles. The van der Waals surface area contributed by atoms with Gasteiger partial charge in [0.2, 0.25) is 0 Å². The lowest BCUT2D eigenvalue weighted by Crippen LogP contribution is -2.25. The molecular formula is C22H23FN4O. The van der Waals surface area contributed by atoms with Crippen LogP contribution in [0.2, 0.25) is 0 Å². The van der Waals surface area contributed by atoms with Crippen molar-refractivity contribution in [1.82, 2.24) is 15.1 Å². The molecule has 1 amide bonds. The van der Waals surface area contributed by atoms with Gasteiger partial charge in [-0.25, -0.2) is 4.39 Å². The molecule has 0 saturated carbocycles. The summed E-state index contributed by atoms with van der Waals surface area (Å²) in [6, 6.07) is 12.9. The van der Waals surface area contributed by atoms with E-state index in [1.807, 2.05) is 48.9 Å². The fourth-order valence-electron chi connectivity index (χ4n) is 3.64. The van der Waals surface area contributed by atoms with Crippen LogP contribution < -0.4 is 10.6 Å². The maximum Gasteiger partial charge on any atom is 0.255 e. The number of nitrogens with one attached hydrogen (secondary N) is 2. The third-order valence-corrected chi connectivity index (χ3v) is 5.08. The quantitative estimate of drug-likeness (QED) is 0.730. The fraction of sp³-hybridized carbons (Fsp3) is 0.273. The highest BCUT2D eigenvalue weighted by atomic mass is 19.1. The van der Waals surface area contributed by atoms with Crippen LogP contribution in [0.4, 0.5) is 10.1 Å². The first-order valence-electron chi connectivity index (χ1n) is 9.43. The summed E-state index contributed by atoms with van der Waals surface area (Å²) in [5.74, 6) is -0.644. The standard InChI is InChI=1S/C22H23FN4O/c1-14-10-15(2)27(26-14)13-16-4-3-5-17(11-16)22(28)25-20-7-6-18-12-24-9-8-19(18)21(20)23/h3-7,10-11,24H,8-9,12-13H2,1-2H3,(H,25,28). The van der Waals surface area contributed by atoms with Crippen LogP contribution in [0.5, 0.6) is 0 Å². The molecule has 0 fully saturated rings. The molecule has 6 heteroatoms. The smallest absolute Gasteiger partial charge is 0.255 e. The largest absolute Gasteiger partial charge is 0.319 e. The van der Waals surface area contributed by atoms with Crippen LogP contribution in [0.25, 0.3) is 0 Å². The lowest BCUT2D eigenvalue weighted by atomic mass is 9.99. The molecule has 0 spiro atoms. The number of amides is 1. The van der Waals surface area contributed by atoms with Crippen LogP contribution in [0.3, 0.4) is 0 Å². The molecule has 0 aliphatic carbocycles. The van der Waals surface area contributed by atoms with E-state index in [1.54, 1.807) is 12.1 Å². The van der Waals surface area contributed by atoms with Crippen molar-refractivity contribution in [3.8, 4) is 0 Å². The summed E-state index contributed by atoms with van der Waals surface area (Å²) in [6.07, 6.45) is 0.628. The zero-order chi connectivity index (χ0) is 19.7. The van der Waals surface area contributed by atoms with Crippen LogP contribution in [0.15, 0.2) is 42.5 Å². The SMILES string of the molecule is Cc1cc(C)n(Cc2cccc(C(=O)Nc3ccc4c(c3F)CCNC4)c2)n1. The van der Waals surface area contributed by atoms with Gasteiger partial charge in [0.1, 0.15) is 5.82 Å². The zero-order valence-corrected chi connectivity index (χ0v) is 16.1. The minimum atomic E-state index is -0.328. The van der Waals surface area contributed by atoms with E-state index in [-0.39, 0.29) is 17.4 Å². The van der Waals surface area contributed by atoms with Crippen LogP contribution in [-0.2, 0) is 19.5 Å². The van der Waals surface area contributed by atoms with Crippen LogP contribution in [0.1, 0.15) is 38.4 Å². The molecule has 0 saturated heterocycles. The van der Waals surface area contributed by atoms with E-state index in [9.17, 15) is 9.18 Å². The minimum absolute atomic E-state index is 0.231. The number of fused-ring (bicyclic) bond motifs is 1. The van der Waals surface area contributed by atoms with Crippen LogP contribution in [0, 0.1) is 19.7 Å². The zero-order valence-electron chi connectivity index (χ0n) is 16.1. The highest BCUT2D eigenvalue weighted by Crippen LogP contribution is 2.25.